The molecule has 8 heteroatoms. The molecule has 5 rings (SSSR count). The van der Waals surface area contributed by atoms with E-state index in [1.165, 1.54) is 25.7 Å². The standard InChI is InChI=1S/C19H24Cl2N2O.C11H13N3.C2H6/c1-13-6-8-14(9-7-13)10-22-11-15-12-24-23-19(15)18-16(20)4-2-3-5-17(18)21;1-8-12-10-7-5-4-6-9(10)11(13-8)14(2)3;1-2/h2,4-5,12-14,22H,3,6-11H2,1H3;4-7H,1-3H3;1-2H3. The van der Waals surface area contributed by atoms with Crippen LogP contribution in [-0.2, 0) is 6.54 Å². The van der Waals surface area contributed by atoms with Gasteiger partial charge in [0.05, 0.1) is 10.5 Å². The van der Waals surface area contributed by atoms with Gasteiger partial charge in [-0.05, 0) is 62.8 Å². The van der Waals surface area contributed by atoms with Crippen molar-refractivity contribution in [2.45, 2.75) is 66.3 Å². The Bertz CT molecular complexity index is 1320. The summed E-state index contributed by atoms with van der Waals surface area (Å²) < 4.78 is 5.20. The van der Waals surface area contributed by atoms with E-state index in [0.29, 0.717) is 16.6 Å². The van der Waals surface area contributed by atoms with Crippen LogP contribution >= 0.6 is 23.2 Å². The Morgan fingerprint density at radius 3 is 2.50 bits per heavy atom. The molecule has 0 aliphatic heterocycles. The van der Waals surface area contributed by atoms with Gasteiger partial charge in [-0.2, -0.15) is 0 Å². The van der Waals surface area contributed by atoms with Crippen LogP contribution in [0.25, 0.3) is 16.5 Å². The van der Waals surface area contributed by atoms with Crippen molar-refractivity contribution in [1.82, 2.24) is 20.4 Å². The third-order valence-electron chi connectivity index (χ3n) is 7.06. The molecular formula is C32H43Cl2N5O. The second-order valence-corrected chi connectivity index (χ2v) is 11.2. The molecule has 2 aromatic heterocycles. The summed E-state index contributed by atoms with van der Waals surface area (Å²) in [5.41, 5.74) is 3.49. The maximum absolute atomic E-state index is 6.39. The van der Waals surface area contributed by atoms with Gasteiger partial charge in [0, 0.05) is 42.2 Å². The summed E-state index contributed by atoms with van der Waals surface area (Å²) in [6.07, 6.45) is 13.6. The van der Waals surface area contributed by atoms with Crippen molar-refractivity contribution in [3.8, 4) is 0 Å². The summed E-state index contributed by atoms with van der Waals surface area (Å²) in [5.74, 6) is 3.45. The van der Waals surface area contributed by atoms with Gasteiger partial charge in [0.25, 0.3) is 0 Å². The Kier molecular flexibility index (Phi) is 12.7. The van der Waals surface area contributed by atoms with Gasteiger partial charge >= 0.3 is 0 Å². The summed E-state index contributed by atoms with van der Waals surface area (Å²) >= 11 is 12.8. The van der Waals surface area contributed by atoms with E-state index in [1.807, 2.05) is 82.3 Å². The van der Waals surface area contributed by atoms with E-state index in [0.717, 1.165) is 64.2 Å². The number of anilines is 1. The second-order valence-electron chi connectivity index (χ2n) is 10.4. The first-order chi connectivity index (χ1) is 19.3. The van der Waals surface area contributed by atoms with Gasteiger partial charge in [0.1, 0.15) is 23.6 Å². The minimum Gasteiger partial charge on any atom is -0.364 e. The lowest BCUT2D eigenvalue weighted by Crippen LogP contribution is -2.25. The highest BCUT2D eigenvalue weighted by Crippen LogP contribution is 2.35. The van der Waals surface area contributed by atoms with E-state index >= 15 is 0 Å². The Balaban J connectivity index is 0.000000234. The highest BCUT2D eigenvalue weighted by atomic mass is 35.5. The lowest BCUT2D eigenvalue weighted by atomic mass is 9.83. The van der Waals surface area contributed by atoms with Gasteiger partial charge in [-0.3, -0.25) is 0 Å². The number of allylic oxidation sites excluding steroid dienone is 6. The number of rotatable bonds is 6. The number of benzene rings is 1. The van der Waals surface area contributed by atoms with E-state index in [1.54, 1.807) is 6.26 Å². The van der Waals surface area contributed by atoms with Crippen LogP contribution in [0.2, 0.25) is 0 Å². The Hall–Kier alpha value is -2.67. The van der Waals surface area contributed by atoms with Crippen LogP contribution in [0.4, 0.5) is 5.82 Å². The van der Waals surface area contributed by atoms with Crippen LogP contribution < -0.4 is 10.2 Å². The number of nitrogens with one attached hydrogen (secondary N) is 1. The minimum atomic E-state index is 0.602. The van der Waals surface area contributed by atoms with Crippen LogP contribution in [0.3, 0.4) is 0 Å². The summed E-state index contributed by atoms with van der Waals surface area (Å²) in [6, 6.07) is 8.06. The number of halogens is 2. The SMILES string of the molecule is CC.CC1CCC(CNCc2conc2C2=C(Cl)C=CCC=C2Cl)CC1.Cc1nc(N(C)C)c2ccccc2n1. The smallest absolute Gasteiger partial charge is 0.139 e. The summed E-state index contributed by atoms with van der Waals surface area (Å²) in [6.45, 7) is 10.0. The molecule has 1 N–H and O–H groups in total. The van der Waals surface area contributed by atoms with Crippen molar-refractivity contribution in [3.63, 3.8) is 0 Å². The molecule has 40 heavy (non-hydrogen) atoms. The lowest BCUT2D eigenvalue weighted by molar-refractivity contribution is 0.281. The average molecular weight is 585 g/mol. The molecule has 1 aromatic carbocycles. The predicted molar refractivity (Wildman–Crippen MR) is 170 cm³/mol. The number of fused-ring (bicyclic) bond motifs is 1. The first kappa shape index (κ1) is 31.9. The van der Waals surface area contributed by atoms with Gasteiger partial charge in [0.15, 0.2) is 0 Å². The Labute approximate surface area is 249 Å². The van der Waals surface area contributed by atoms with Crippen LogP contribution in [0, 0.1) is 18.8 Å². The minimum absolute atomic E-state index is 0.602. The monoisotopic (exact) mass is 583 g/mol. The molecule has 0 spiro atoms. The number of hydrogen-bond donors (Lipinski definition) is 1. The molecule has 0 atom stereocenters. The molecule has 0 bridgehead atoms. The van der Waals surface area contributed by atoms with E-state index < -0.39 is 0 Å². The highest BCUT2D eigenvalue weighted by Gasteiger charge is 2.21. The number of aromatic nitrogens is 3. The van der Waals surface area contributed by atoms with E-state index in [9.17, 15) is 0 Å². The Morgan fingerprint density at radius 1 is 1.05 bits per heavy atom. The average Bonchev–Trinajstić information content (AvgIpc) is 3.33. The van der Waals surface area contributed by atoms with Crippen molar-refractivity contribution in [2.24, 2.45) is 11.8 Å². The quantitative estimate of drug-likeness (QED) is 0.313. The van der Waals surface area contributed by atoms with Crippen LogP contribution in [0.15, 0.2) is 63.3 Å². The summed E-state index contributed by atoms with van der Waals surface area (Å²) in [4.78, 5) is 10.8. The lowest BCUT2D eigenvalue weighted by Gasteiger charge is -2.26. The molecule has 2 aliphatic rings. The van der Waals surface area contributed by atoms with Gasteiger partial charge < -0.3 is 14.7 Å². The van der Waals surface area contributed by atoms with E-state index in [-0.39, 0.29) is 0 Å². The molecule has 3 aromatic rings. The van der Waals surface area contributed by atoms with Crippen LogP contribution in [0.1, 0.15) is 70.0 Å². The van der Waals surface area contributed by atoms with Gasteiger partial charge in [0.2, 0.25) is 0 Å². The first-order valence-electron chi connectivity index (χ1n) is 14.3. The second kappa shape index (κ2) is 15.9. The largest absolute Gasteiger partial charge is 0.364 e. The third-order valence-corrected chi connectivity index (χ3v) is 7.72. The van der Waals surface area contributed by atoms with Gasteiger partial charge in [-0.15, -0.1) is 0 Å². The van der Waals surface area contributed by atoms with Crippen molar-refractivity contribution in [2.75, 3.05) is 25.5 Å². The highest BCUT2D eigenvalue weighted by molar-refractivity contribution is 6.42. The van der Waals surface area contributed by atoms with E-state index in [2.05, 4.69) is 27.4 Å². The molecule has 216 valence electrons. The fourth-order valence-electron chi connectivity index (χ4n) is 4.92. The maximum Gasteiger partial charge on any atom is 0.139 e. The van der Waals surface area contributed by atoms with E-state index in [4.69, 9.17) is 27.7 Å². The molecule has 0 radical (unpaired) electrons. The van der Waals surface area contributed by atoms with Gasteiger partial charge in [-0.1, -0.05) is 86.3 Å². The zero-order valence-corrected chi connectivity index (χ0v) is 26.2. The molecule has 0 amide bonds. The molecule has 6 nitrogen and oxygen atoms in total. The topological polar surface area (TPSA) is 67.1 Å². The number of nitrogens with zero attached hydrogens (tertiary/aromatic N) is 4. The van der Waals surface area contributed by atoms with Crippen LogP contribution in [-0.4, -0.2) is 35.8 Å². The normalized spacial score (nSPS) is 18.8. The maximum atomic E-state index is 6.39. The zero-order chi connectivity index (χ0) is 29.1. The molecular weight excluding hydrogens is 541 g/mol. The predicted octanol–water partition coefficient (Wildman–Crippen LogP) is 8.65. The first-order valence-corrected chi connectivity index (χ1v) is 15.1. The summed E-state index contributed by atoms with van der Waals surface area (Å²) in [5, 5.41) is 10.0. The van der Waals surface area contributed by atoms with Crippen molar-refractivity contribution < 1.29 is 4.52 Å². The number of aryl methyl sites for hydroxylation is 1. The van der Waals surface area contributed by atoms with Crippen LogP contribution in [0.5, 0.6) is 0 Å². The molecule has 1 fully saturated rings. The fraction of sp³-hybridized carbons (Fsp3) is 0.469. The number of para-hydroxylation sites is 1. The molecule has 0 saturated heterocycles. The molecule has 2 aliphatic carbocycles. The zero-order valence-electron chi connectivity index (χ0n) is 24.7. The van der Waals surface area contributed by atoms with Crippen molar-refractivity contribution >= 4 is 45.5 Å². The Morgan fingerprint density at radius 2 is 1.77 bits per heavy atom. The molecule has 2 heterocycles. The van der Waals surface area contributed by atoms with Crippen molar-refractivity contribution in [3.05, 3.63) is 75.9 Å². The van der Waals surface area contributed by atoms with Gasteiger partial charge in [-0.25, -0.2) is 9.97 Å². The third kappa shape index (κ3) is 8.66. The fourth-order valence-corrected chi connectivity index (χ4v) is 5.52. The number of hydrogen-bond acceptors (Lipinski definition) is 6. The summed E-state index contributed by atoms with van der Waals surface area (Å²) in [7, 11) is 3.99. The molecule has 1 saturated carbocycles. The molecule has 0 unspecified atom stereocenters. The van der Waals surface area contributed by atoms with Crippen molar-refractivity contribution in [1.29, 1.82) is 0 Å².